The molecule has 1 amide bonds. The molecule has 9 nitrogen and oxygen atoms in total. The summed E-state index contributed by atoms with van der Waals surface area (Å²) in [6, 6.07) is 9.70. The van der Waals surface area contributed by atoms with Gasteiger partial charge in [0.05, 0.1) is 6.42 Å². The Morgan fingerprint density at radius 3 is 2.14 bits per heavy atom. The molecule has 3 rings (SSSR count). The van der Waals surface area contributed by atoms with Gasteiger partial charge < -0.3 is 10.4 Å². The first-order valence-electron chi connectivity index (χ1n) is 11.7. The van der Waals surface area contributed by atoms with Crippen LogP contribution in [0.4, 0.5) is 5.13 Å². The summed E-state index contributed by atoms with van der Waals surface area (Å²) < 4.78 is 0. The average molecular weight is 516 g/mol. The zero-order chi connectivity index (χ0) is 24.9. The molecule has 0 fully saturated rings. The van der Waals surface area contributed by atoms with Gasteiger partial charge in [-0.2, -0.15) is 0 Å². The monoisotopic (exact) mass is 515 g/mol. The van der Waals surface area contributed by atoms with E-state index in [0.29, 0.717) is 43.7 Å². The zero-order valence-electron chi connectivity index (χ0n) is 19.4. The molecule has 0 saturated heterocycles. The number of carboxylic acids is 1. The molecule has 3 aromatic rings. The summed E-state index contributed by atoms with van der Waals surface area (Å²) in [6.45, 7) is 0. The van der Waals surface area contributed by atoms with Gasteiger partial charge in [0.2, 0.25) is 11.0 Å². The van der Waals surface area contributed by atoms with Crippen molar-refractivity contribution in [2.24, 2.45) is 0 Å². The largest absolute Gasteiger partial charge is 0.481 e. The molecule has 0 atom stereocenters. The zero-order valence-corrected chi connectivity index (χ0v) is 21.1. The first-order chi connectivity index (χ1) is 17.0. The van der Waals surface area contributed by atoms with E-state index in [1.807, 2.05) is 30.3 Å². The number of rotatable bonds is 16. The average Bonchev–Trinajstić information content (AvgIpc) is 3.46. The van der Waals surface area contributed by atoms with Gasteiger partial charge in [0.25, 0.3) is 0 Å². The van der Waals surface area contributed by atoms with E-state index in [-0.39, 0.29) is 18.1 Å². The van der Waals surface area contributed by atoms with Crippen LogP contribution in [0.3, 0.4) is 0 Å². The minimum absolute atomic E-state index is 0.127. The molecule has 0 unspecified atom stereocenters. The lowest BCUT2D eigenvalue weighted by atomic mass is 10.1. The molecule has 0 aliphatic carbocycles. The Labute approximate surface area is 212 Å². The third-order valence-corrected chi connectivity index (χ3v) is 7.02. The fourth-order valence-electron chi connectivity index (χ4n) is 3.39. The Morgan fingerprint density at radius 1 is 0.743 bits per heavy atom. The van der Waals surface area contributed by atoms with Crippen molar-refractivity contribution in [3.8, 4) is 0 Å². The molecule has 11 heteroatoms. The molecule has 0 aliphatic heterocycles. The number of carboxylic acid groups (broad SMARTS) is 1. The van der Waals surface area contributed by atoms with Crippen molar-refractivity contribution in [3.63, 3.8) is 0 Å². The lowest BCUT2D eigenvalue weighted by Crippen LogP contribution is -2.10. The van der Waals surface area contributed by atoms with Crippen LogP contribution in [0.1, 0.15) is 65.5 Å². The van der Waals surface area contributed by atoms with Crippen molar-refractivity contribution < 1.29 is 19.5 Å². The number of carbonyl (C=O) groups is 3. The Morgan fingerprint density at radius 2 is 1.40 bits per heavy atom. The third kappa shape index (κ3) is 10.4. The number of hydrogen-bond donors (Lipinski definition) is 2. The van der Waals surface area contributed by atoms with Gasteiger partial charge in [-0.3, -0.25) is 14.4 Å². The van der Waals surface area contributed by atoms with E-state index in [0.717, 1.165) is 46.3 Å². The van der Waals surface area contributed by atoms with Crippen LogP contribution in [0.25, 0.3) is 0 Å². The smallest absolute Gasteiger partial charge is 0.303 e. The number of nitrogens with one attached hydrogen (secondary N) is 1. The standard InChI is InChI=1S/C24H29N5O4S2/c30-18(15-17-9-3-1-4-10-17)16-22-28-26-20(34-22)12-7-8-13-21-27-29-24(35-21)25-19(31)11-5-2-6-14-23(32)33/h1,3-4,9-10H,2,5-8,11-16H2,(H,32,33)(H,25,29,31). The van der Waals surface area contributed by atoms with Crippen molar-refractivity contribution >= 4 is 45.5 Å². The molecule has 2 heterocycles. The molecule has 2 aromatic heterocycles. The maximum absolute atomic E-state index is 12.3. The van der Waals surface area contributed by atoms with E-state index in [1.54, 1.807) is 0 Å². The van der Waals surface area contributed by atoms with Gasteiger partial charge >= 0.3 is 5.97 Å². The second-order valence-electron chi connectivity index (χ2n) is 8.18. The number of amides is 1. The highest BCUT2D eigenvalue weighted by Gasteiger charge is 2.11. The van der Waals surface area contributed by atoms with Crippen molar-refractivity contribution in [2.75, 3.05) is 5.32 Å². The highest BCUT2D eigenvalue weighted by molar-refractivity contribution is 7.15. The van der Waals surface area contributed by atoms with E-state index < -0.39 is 5.97 Å². The molecule has 0 bridgehead atoms. The van der Waals surface area contributed by atoms with E-state index in [9.17, 15) is 14.4 Å². The number of unbranched alkanes of at least 4 members (excludes halogenated alkanes) is 3. The number of nitrogens with zero attached hydrogens (tertiary/aromatic N) is 4. The quantitative estimate of drug-likeness (QED) is 0.270. The van der Waals surface area contributed by atoms with Crippen molar-refractivity contribution in [1.82, 2.24) is 20.4 Å². The van der Waals surface area contributed by atoms with Crippen LogP contribution < -0.4 is 5.32 Å². The Bertz CT molecular complexity index is 1100. The van der Waals surface area contributed by atoms with Gasteiger partial charge in [0.1, 0.15) is 20.8 Å². The molecular weight excluding hydrogens is 486 g/mol. The fraction of sp³-hybridized carbons (Fsp3) is 0.458. The summed E-state index contributed by atoms with van der Waals surface area (Å²) in [4.78, 5) is 34.7. The van der Waals surface area contributed by atoms with Crippen molar-refractivity contribution in [1.29, 1.82) is 0 Å². The fourth-order valence-corrected chi connectivity index (χ4v) is 5.11. The van der Waals surface area contributed by atoms with Gasteiger partial charge in [-0.25, -0.2) is 0 Å². The summed E-state index contributed by atoms with van der Waals surface area (Å²) in [5.41, 5.74) is 1.01. The first kappa shape index (κ1) is 26.6. The van der Waals surface area contributed by atoms with Gasteiger partial charge in [0.15, 0.2) is 0 Å². The molecule has 0 saturated carbocycles. The Balaban J connectivity index is 1.29. The number of anilines is 1. The van der Waals surface area contributed by atoms with E-state index in [4.69, 9.17) is 5.11 Å². The highest BCUT2D eigenvalue weighted by atomic mass is 32.1. The SMILES string of the molecule is O=C(O)CCCCCC(=O)Nc1nnc(CCCCc2nnc(CC(=O)Cc3ccccc3)s2)s1. The predicted molar refractivity (Wildman–Crippen MR) is 135 cm³/mol. The van der Waals surface area contributed by atoms with Crippen LogP contribution >= 0.6 is 22.7 Å². The normalized spacial score (nSPS) is 10.9. The molecule has 2 N–H and O–H groups in total. The summed E-state index contributed by atoms with van der Waals surface area (Å²) in [7, 11) is 0. The summed E-state index contributed by atoms with van der Waals surface area (Å²) >= 11 is 2.87. The number of benzene rings is 1. The van der Waals surface area contributed by atoms with E-state index >= 15 is 0 Å². The van der Waals surface area contributed by atoms with Crippen LogP contribution in [0.15, 0.2) is 30.3 Å². The van der Waals surface area contributed by atoms with Gasteiger partial charge in [-0.15, -0.1) is 31.7 Å². The summed E-state index contributed by atoms with van der Waals surface area (Å²) in [6.07, 6.45) is 6.54. The van der Waals surface area contributed by atoms with Crippen LogP contribution in [0.2, 0.25) is 0 Å². The maximum atomic E-state index is 12.3. The number of aromatic nitrogens is 4. The lowest BCUT2D eigenvalue weighted by molar-refractivity contribution is -0.137. The van der Waals surface area contributed by atoms with Gasteiger partial charge in [0, 0.05) is 32.1 Å². The maximum Gasteiger partial charge on any atom is 0.303 e. The molecule has 35 heavy (non-hydrogen) atoms. The Hall–Kier alpha value is -3.05. The van der Waals surface area contributed by atoms with Crippen LogP contribution in [-0.2, 0) is 40.1 Å². The van der Waals surface area contributed by atoms with Crippen LogP contribution in [0.5, 0.6) is 0 Å². The number of Topliss-reactive ketones (excluding diaryl/α,β-unsaturated/α-hetero) is 1. The van der Waals surface area contributed by atoms with Crippen molar-refractivity contribution in [3.05, 3.63) is 50.9 Å². The lowest BCUT2D eigenvalue weighted by Gasteiger charge is -2.00. The minimum atomic E-state index is -0.810. The van der Waals surface area contributed by atoms with E-state index in [1.165, 1.54) is 22.7 Å². The first-order valence-corrected chi connectivity index (χ1v) is 13.3. The number of carbonyl (C=O) groups excluding carboxylic acids is 2. The number of aryl methyl sites for hydroxylation is 2. The Kier molecular flexibility index (Phi) is 10.9. The van der Waals surface area contributed by atoms with Gasteiger partial charge in [-0.1, -0.05) is 48.1 Å². The molecule has 0 aliphatic rings. The third-order valence-electron chi connectivity index (χ3n) is 5.14. The van der Waals surface area contributed by atoms with E-state index in [2.05, 4.69) is 25.7 Å². The number of aliphatic carboxylic acids is 1. The van der Waals surface area contributed by atoms with Crippen LogP contribution in [-0.4, -0.2) is 43.2 Å². The molecule has 0 spiro atoms. The number of ketones is 1. The molecule has 186 valence electrons. The van der Waals surface area contributed by atoms with Crippen molar-refractivity contribution in [2.45, 2.75) is 70.6 Å². The molecular formula is C24H29N5O4S2. The molecule has 0 radical (unpaired) electrons. The minimum Gasteiger partial charge on any atom is -0.481 e. The number of hydrogen-bond acceptors (Lipinski definition) is 9. The topological polar surface area (TPSA) is 135 Å². The van der Waals surface area contributed by atoms with Crippen LogP contribution in [0, 0.1) is 0 Å². The van der Waals surface area contributed by atoms with Gasteiger partial charge in [-0.05, 0) is 31.2 Å². The summed E-state index contributed by atoms with van der Waals surface area (Å²) in [5.74, 6) is -0.802. The second kappa shape index (κ2) is 14.4. The predicted octanol–water partition coefficient (Wildman–Crippen LogP) is 4.28. The summed E-state index contributed by atoms with van der Waals surface area (Å²) in [5, 5.41) is 31.0. The second-order valence-corrected chi connectivity index (χ2v) is 10.4. The highest BCUT2D eigenvalue weighted by Crippen LogP contribution is 2.19. The molecule has 1 aromatic carbocycles.